The third kappa shape index (κ3) is 3.94. The number of hydrogen-bond donors (Lipinski definition) is 1. The molecule has 0 aromatic carbocycles. The summed E-state index contributed by atoms with van der Waals surface area (Å²) in [6, 6.07) is 0. The summed E-state index contributed by atoms with van der Waals surface area (Å²) in [5.74, 6) is -0.658. The first-order valence-electron chi connectivity index (χ1n) is 8.39. The first-order valence-corrected chi connectivity index (χ1v) is 8.39. The molecule has 0 atom stereocenters. The molecule has 120 valence electrons. The summed E-state index contributed by atoms with van der Waals surface area (Å²) in [6.45, 7) is 8.53. The molecule has 4 fully saturated rings. The van der Waals surface area contributed by atoms with Crippen molar-refractivity contribution in [1.29, 1.82) is 0 Å². The fourth-order valence-corrected chi connectivity index (χ4v) is 4.30. The number of carboxylic acid groups (broad SMARTS) is 1. The average Bonchev–Trinajstić information content (AvgIpc) is 2.40. The number of carboxylic acids is 1. The summed E-state index contributed by atoms with van der Waals surface area (Å²) in [5, 5.41) is 8.59. The third-order valence-corrected chi connectivity index (χ3v) is 4.97. The maximum Gasteiger partial charge on any atom is 0.303 e. The van der Waals surface area contributed by atoms with Gasteiger partial charge in [-0.2, -0.15) is 0 Å². The van der Waals surface area contributed by atoms with E-state index in [0.717, 1.165) is 12.8 Å². The molecule has 6 heteroatoms. The molecule has 0 aromatic heterocycles. The van der Waals surface area contributed by atoms with Crippen LogP contribution in [0.3, 0.4) is 0 Å². The lowest BCUT2D eigenvalue weighted by Crippen LogP contribution is -2.79. The van der Waals surface area contributed by atoms with Crippen LogP contribution < -0.4 is 0 Å². The smallest absolute Gasteiger partial charge is 0.303 e. The Balaban J connectivity index is 1.29. The fraction of sp³-hybridized carbons (Fsp3) is 0.933. The van der Waals surface area contributed by atoms with Crippen LogP contribution in [0.2, 0.25) is 0 Å². The van der Waals surface area contributed by atoms with Gasteiger partial charge >= 0.3 is 5.97 Å². The Bertz CT molecular complexity index is 339. The van der Waals surface area contributed by atoms with Gasteiger partial charge in [-0.05, 0) is 19.3 Å². The highest BCUT2D eigenvalue weighted by Gasteiger charge is 2.47. The van der Waals surface area contributed by atoms with Crippen LogP contribution >= 0.6 is 0 Å². The highest BCUT2D eigenvalue weighted by atomic mass is 16.4. The van der Waals surface area contributed by atoms with Crippen molar-refractivity contribution in [3.8, 4) is 0 Å². The van der Waals surface area contributed by atoms with Crippen molar-refractivity contribution in [2.24, 2.45) is 0 Å². The van der Waals surface area contributed by atoms with Gasteiger partial charge in [-0.15, -0.1) is 0 Å². The first kappa shape index (κ1) is 15.2. The topological polar surface area (TPSA) is 47.0 Å². The molecule has 6 nitrogen and oxygen atoms in total. The van der Waals surface area contributed by atoms with E-state index >= 15 is 0 Å². The van der Waals surface area contributed by atoms with E-state index in [1.165, 1.54) is 76.7 Å². The van der Waals surface area contributed by atoms with Gasteiger partial charge < -0.3 is 5.11 Å². The maximum atomic E-state index is 10.4. The second-order valence-electron chi connectivity index (χ2n) is 7.19. The molecule has 0 amide bonds. The minimum atomic E-state index is -0.658. The zero-order chi connectivity index (χ0) is 14.7. The van der Waals surface area contributed by atoms with E-state index in [-0.39, 0.29) is 0 Å². The zero-order valence-electron chi connectivity index (χ0n) is 13.0. The minimum absolute atomic E-state index is 0.335. The van der Waals surface area contributed by atoms with E-state index in [0.29, 0.717) is 6.42 Å². The van der Waals surface area contributed by atoms with Gasteiger partial charge in [0.15, 0.2) is 0 Å². The van der Waals surface area contributed by atoms with Crippen molar-refractivity contribution >= 4 is 5.97 Å². The summed E-state index contributed by atoms with van der Waals surface area (Å²) in [4.78, 5) is 18.1. The molecule has 4 aliphatic heterocycles. The normalized spacial score (nSPS) is 37.0. The van der Waals surface area contributed by atoms with Gasteiger partial charge in [0, 0.05) is 6.42 Å². The van der Waals surface area contributed by atoms with Gasteiger partial charge in [0.25, 0.3) is 0 Å². The van der Waals surface area contributed by atoms with Crippen LogP contribution in [0.4, 0.5) is 0 Å². The standard InChI is InChI=1S/C15H28N4O2/c20-15(21)7-5-3-1-2-4-6-8-19-12-16-9-17(13-19)11-18(10-16)14-19/h1-14H2/p+1. The lowest BCUT2D eigenvalue weighted by molar-refractivity contribution is -0.980. The second-order valence-corrected chi connectivity index (χ2v) is 7.19. The van der Waals surface area contributed by atoms with Crippen LogP contribution in [0.15, 0.2) is 0 Å². The molecule has 0 aromatic rings. The summed E-state index contributed by atoms with van der Waals surface area (Å²) in [7, 11) is 0. The molecule has 4 aliphatic rings. The average molecular weight is 297 g/mol. The molecule has 0 radical (unpaired) electrons. The van der Waals surface area contributed by atoms with Crippen molar-refractivity contribution in [2.75, 3.05) is 46.6 Å². The second kappa shape index (κ2) is 6.60. The van der Waals surface area contributed by atoms with Gasteiger partial charge in [0.05, 0.1) is 26.6 Å². The van der Waals surface area contributed by atoms with Crippen molar-refractivity contribution in [3.05, 3.63) is 0 Å². The largest absolute Gasteiger partial charge is 0.481 e. The van der Waals surface area contributed by atoms with Crippen LogP contribution in [0.5, 0.6) is 0 Å². The van der Waals surface area contributed by atoms with Crippen molar-refractivity contribution < 1.29 is 14.4 Å². The Morgan fingerprint density at radius 3 is 1.81 bits per heavy atom. The zero-order valence-corrected chi connectivity index (χ0v) is 13.0. The molecule has 4 heterocycles. The Morgan fingerprint density at radius 2 is 1.29 bits per heavy atom. The van der Waals surface area contributed by atoms with Crippen molar-refractivity contribution in [2.45, 2.75) is 44.9 Å². The van der Waals surface area contributed by atoms with Crippen molar-refractivity contribution in [1.82, 2.24) is 14.7 Å². The van der Waals surface area contributed by atoms with E-state index < -0.39 is 5.97 Å². The van der Waals surface area contributed by atoms with Crippen molar-refractivity contribution in [3.63, 3.8) is 0 Å². The Hall–Kier alpha value is -0.690. The van der Waals surface area contributed by atoms with Crippen LogP contribution in [0, 0.1) is 0 Å². The van der Waals surface area contributed by atoms with E-state index in [1.807, 2.05) is 0 Å². The maximum absolute atomic E-state index is 10.4. The Kier molecular flexibility index (Phi) is 4.78. The fourth-order valence-electron chi connectivity index (χ4n) is 4.30. The molecular weight excluding hydrogens is 268 g/mol. The highest BCUT2D eigenvalue weighted by Crippen LogP contribution is 2.29. The van der Waals surface area contributed by atoms with Crippen LogP contribution in [-0.2, 0) is 4.79 Å². The molecule has 4 rings (SSSR count). The van der Waals surface area contributed by atoms with Gasteiger partial charge in [-0.25, -0.2) is 14.7 Å². The van der Waals surface area contributed by atoms with E-state index in [9.17, 15) is 4.79 Å². The van der Waals surface area contributed by atoms with Gasteiger partial charge in [-0.1, -0.05) is 19.3 Å². The molecule has 1 N–H and O–H groups in total. The number of aliphatic carboxylic acids is 1. The van der Waals surface area contributed by atoms with Crippen LogP contribution in [-0.4, -0.2) is 76.8 Å². The van der Waals surface area contributed by atoms with Gasteiger partial charge in [0.2, 0.25) is 0 Å². The SMILES string of the molecule is O=C(O)CCCCCCCC[N+]12CN3CN(CN(C3)C1)C2. The van der Waals surface area contributed by atoms with Crippen LogP contribution in [0.25, 0.3) is 0 Å². The molecular formula is C15H29N4O2+. The van der Waals surface area contributed by atoms with Gasteiger partial charge in [0.1, 0.15) is 20.0 Å². The van der Waals surface area contributed by atoms with E-state index in [2.05, 4.69) is 14.7 Å². The predicted molar refractivity (Wildman–Crippen MR) is 79.8 cm³/mol. The monoisotopic (exact) mass is 297 g/mol. The number of quaternary nitrogens is 1. The molecule has 21 heavy (non-hydrogen) atoms. The van der Waals surface area contributed by atoms with E-state index in [4.69, 9.17) is 5.11 Å². The van der Waals surface area contributed by atoms with Gasteiger partial charge in [-0.3, -0.25) is 9.28 Å². The molecule has 0 unspecified atom stereocenters. The van der Waals surface area contributed by atoms with Crippen LogP contribution in [0.1, 0.15) is 44.9 Å². The lowest BCUT2D eigenvalue weighted by Gasteiger charge is -2.60. The molecule has 0 saturated carbocycles. The Morgan fingerprint density at radius 1 is 0.810 bits per heavy atom. The number of unbranched alkanes of at least 4 members (excludes halogenated alkanes) is 5. The predicted octanol–water partition coefficient (Wildman–Crippen LogP) is 1.31. The number of carbonyl (C=O) groups is 1. The quantitative estimate of drug-likeness (QED) is 0.514. The summed E-state index contributed by atoms with van der Waals surface area (Å²) in [6.07, 6.45) is 7.31. The number of rotatable bonds is 9. The minimum Gasteiger partial charge on any atom is -0.481 e. The molecule has 4 bridgehead atoms. The molecule has 4 saturated heterocycles. The molecule has 0 aliphatic carbocycles. The number of nitrogens with zero attached hydrogens (tertiary/aromatic N) is 4. The highest BCUT2D eigenvalue weighted by molar-refractivity contribution is 5.66. The Labute approximate surface area is 127 Å². The number of hydrogen-bond acceptors (Lipinski definition) is 4. The third-order valence-electron chi connectivity index (χ3n) is 4.97. The summed E-state index contributed by atoms with van der Waals surface area (Å²) in [5.41, 5.74) is 0. The first-order chi connectivity index (χ1) is 10.2. The van der Waals surface area contributed by atoms with E-state index in [1.54, 1.807) is 0 Å². The lowest BCUT2D eigenvalue weighted by atomic mass is 10.1. The summed E-state index contributed by atoms with van der Waals surface area (Å²) < 4.78 is 1.25. The molecule has 0 spiro atoms. The summed E-state index contributed by atoms with van der Waals surface area (Å²) >= 11 is 0.